The third kappa shape index (κ3) is 3.86. The van der Waals surface area contributed by atoms with E-state index in [-0.39, 0.29) is 11.6 Å². The molecule has 2 heterocycles. The van der Waals surface area contributed by atoms with Gasteiger partial charge in [-0.3, -0.25) is 14.3 Å². The molecule has 0 aliphatic carbocycles. The molecule has 0 spiro atoms. The zero-order valence-corrected chi connectivity index (χ0v) is 13.8. The summed E-state index contributed by atoms with van der Waals surface area (Å²) in [5.41, 5.74) is 0.982. The maximum atomic E-state index is 12.3. The highest BCUT2D eigenvalue weighted by Crippen LogP contribution is 2.14. The first-order valence-corrected chi connectivity index (χ1v) is 8.02. The molecule has 1 saturated heterocycles. The Morgan fingerprint density at radius 1 is 1.12 bits per heavy atom. The van der Waals surface area contributed by atoms with Crippen LogP contribution in [0.2, 0.25) is 0 Å². The van der Waals surface area contributed by atoms with Crippen LogP contribution in [0.1, 0.15) is 5.56 Å². The zero-order chi connectivity index (χ0) is 16.9. The number of amides is 1. The van der Waals surface area contributed by atoms with Crippen LogP contribution in [0.4, 0.5) is 0 Å². The number of imidazole rings is 1. The molecule has 1 fully saturated rings. The van der Waals surface area contributed by atoms with E-state index in [0.717, 1.165) is 17.9 Å². The number of piperazine rings is 1. The average Bonchev–Trinajstić information content (AvgIpc) is 3.01. The van der Waals surface area contributed by atoms with Gasteiger partial charge in [0.2, 0.25) is 5.91 Å². The topological polar surface area (TPSA) is 70.6 Å². The van der Waals surface area contributed by atoms with Crippen molar-refractivity contribution in [3.05, 3.63) is 52.7 Å². The van der Waals surface area contributed by atoms with Gasteiger partial charge in [-0.05, 0) is 17.7 Å². The maximum Gasteiger partial charge on any atom is 0.325 e. The van der Waals surface area contributed by atoms with Crippen LogP contribution < -0.4 is 10.4 Å². The summed E-state index contributed by atoms with van der Waals surface area (Å²) in [5.74, 6) is 0.938. The van der Waals surface area contributed by atoms with Crippen LogP contribution in [0.15, 0.2) is 41.5 Å². The van der Waals surface area contributed by atoms with Gasteiger partial charge in [-0.25, -0.2) is 4.79 Å². The minimum absolute atomic E-state index is 0.112. The Bertz CT molecular complexity index is 735. The summed E-state index contributed by atoms with van der Waals surface area (Å²) in [6, 6.07) is 7.78. The fraction of sp³-hybridized carbons (Fsp3) is 0.412. The van der Waals surface area contributed by atoms with Gasteiger partial charge < -0.3 is 14.6 Å². The number of H-pyrrole nitrogens is 1. The fourth-order valence-electron chi connectivity index (χ4n) is 2.84. The van der Waals surface area contributed by atoms with Gasteiger partial charge in [-0.1, -0.05) is 12.1 Å². The van der Waals surface area contributed by atoms with Gasteiger partial charge in [0, 0.05) is 45.1 Å². The van der Waals surface area contributed by atoms with Crippen LogP contribution in [0.25, 0.3) is 0 Å². The standard InChI is InChI=1S/C17H22N4O3/c1-24-15-4-2-14(3-5-15)12-21-11-9-19(13-16(21)22)8-10-20-7-6-18-17(20)23/h2-7H,8-13H2,1H3,(H,18,23). The molecular formula is C17H22N4O3. The number of rotatable bonds is 6. The molecule has 1 aromatic carbocycles. The first-order valence-electron chi connectivity index (χ1n) is 8.02. The highest BCUT2D eigenvalue weighted by molar-refractivity contribution is 5.79. The van der Waals surface area contributed by atoms with Crippen molar-refractivity contribution < 1.29 is 9.53 Å². The van der Waals surface area contributed by atoms with Crippen molar-refractivity contribution >= 4 is 5.91 Å². The van der Waals surface area contributed by atoms with Gasteiger partial charge in [-0.2, -0.15) is 0 Å². The lowest BCUT2D eigenvalue weighted by molar-refractivity contribution is -0.136. The van der Waals surface area contributed by atoms with Crippen molar-refractivity contribution in [2.75, 3.05) is 33.3 Å². The van der Waals surface area contributed by atoms with Crippen LogP contribution in [0.3, 0.4) is 0 Å². The van der Waals surface area contributed by atoms with Crippen LogP contribution in [-0.4, -0.2) is 58.5 Å². The van der Waals surface area contributed by atoms with Crippen LogP contribution >= 0.6 is 0 Å². The summed E-state index contributed by atoms with van der Waals surface area (Å²) in [6.07, 6.45) is 3.35. The van der Waals surface area contributed by atoms with Crippen molar-refractivity contribution in [1.29, 1.82) is 0 Å². The molecule has 0 unspecified atom stereocenters. The molecule has 7 nitrogen and oxygen atoms in total. The number of carbonyl (C=O) groups is 1. The van der Waals surface area contributed by atoms with E-state index in [2.05, 4.69) is 9.88 Å². The molecule has 0 radical (unpaired) electrons. The fourth-order valence-corrected chi connectivity index (χ4v) is 2.84. The molecule has 1 aromatic heterocycles. The van der Waals surface area contributed by atoms with E-state index >= 15 is 0 Å². The van der Waals surface area contributed by atoms with Crippen molar-refractivity contribution in [1.82, 2.24) is 19.4 Å². The SMILES string of the molecule is COc1ccc(CN2CCN(CCn3cc[nH]c3=O)CC2=O)cc1. The number of nitrogens with zero attached hydrogens (tertiary/aromatic N) is 3. The Hall–Kier alpha value is -2.54. The third-order valence-corrected chi connectivity index (χ3v) is 4.31. The molecule has 7 heteroatoms. The van der Waals surface area contributed by atoms with E-state index in [0.29, 0.717) is 32.7 Å². The van der Waals surface area contributed by atoms with Crippen molar-refractivity contribution in [2.24, 2.45) is 0 Å². The second-order valence-electron chi connectivity index (χ2n) is 5.90. The molecule has 0 saturated carbocycles. The molecule has 24 heavy (non-hydrogen) atoms. The van der Waals surface area contributed by atoms with Crippen molar-refractivity contribution in [3.63, 3.8) is 0 Å². The first-order chi connectivity index (χ1) is 11.7. The smallest absolute Gasteiger partial charge is 0.325 e. The molecular weight excluding hydrogens is 308 g/mol. The number of benzene rings is 1. The number of carbonyl (C=O) groups excluding carboxylic acids is 1. The molecule has 1 aliphatic rings. The lowest BCUT2D eigenvalue weighted by atomic mass is 10.2. The summed E-state index contributed by atoms with van der Waals surface area (Å²) < 4.78 is 6.77. The van der Waals surface area contributed by atoms with Gasteiger partial charge in [0.05, 0.1) is 13.7 Å². The molecule has 3 rings (SSSR count). The van der Waals surface area contributed by atoms with Crippen LogP contribution in [0, 0.1) is 0 Å². The molecule has 0 atom stereocenters. The van der Waals surface area contributed by atoms with Gasteiger partial charge in [0.1, 0.15) is 5.75 Å². The maximum absolute atomic E-state index is 12.3. The molecule has 1 N–H and O–H groups in total. The van der Waals surface area contributed by atoms with E-state index in [9.17, 15) is 9.59 Å². The summed E-state index contributed by atoms with van der Waals surface area (Å²) >= 11 is 0. The van der Waals surface area contributed by atoms with Gasteiger partial charge >= 0.3 is 5.69 Å². The highest BCUT2D eigenvalue weighted by atomic mass is 16.5. The predicted octanol–water partition coefficient (Wildman–Crippen LogP) is 0.529. The van der Waals surface area contributed by atoms with Gasteiger partial charge in [0.15, 0.2) is 0 Å². The van der Waals surface area contributed by atoms with E-state index in [4.69, 9.17) is 4.74 Å². The Morgan fingerprint density at radius 2 is 1.92 bits per heavy atom. The van der Waals surface area contributed by atoms with Crippen molar-refractivity contribution in [2.45, 2.75) is 13.1 Å². The van der Waals surface area contributed by atoms with E-state index in [1.54, 1.807) is 24.1 Å². The number of hydrogen-bond donors (Lipinski definition) is 1. The summed E-state index contributed by atoms with van der Waals surface area (Å²) in [7, 11) is 1.64. The molecule has 1 amide bonds. The minimum atomic E-state index is -0.112. The first kappa shape index (κ1) is 16.3. The zero-order valence-electron chi connectivity index (χ0n) is 13.8. The predicted molar refractivity (Wildman–Crippen MR) is 89.9 cm³/mol. The number of aromatic nitrogens is 2. The lowest BCUT2D eigenvalue weighted by Gasteiger charge is -2.34. The molecule has 1 aliphatic heterocycles. The van der Waals surface area contributed by atoms with E-state index < -0.39 is 0 Å². The number of aromatic amines is 1. The monoisotopic (exact) mass is 330 g/mol. The summed E-state index contributed by atoms with van der Waals surface area (Å²) in [4.78, 5) is 30.4. The number of ether oxygens (including phenoxy) is 1. The Morgan fingerprint density at radius 3 is 2.54 bits per heavy atom. The third-order valence-electron chi connectivity index (χ3n) is 4.31. The highest BCUT2D eigenvalue weighted by Gasteiger charge is 2.23. The summed E-state index contributed by atoms with van der Waals surface area (Å²) in [6.45, 7) is 3.82. The number of methoxy groups -OCH3 is 1. The van der Waals surface area contributed by atoms with Gasteiger partial charge in [-0.15, -0.1) is 0 Å². The molecule has 128 valence electrons. The Balaban J connectivity index is 1.50. The largest absolute Gasteiger partial charge is 0.497 e. The summed E-state index contributed by atoms with van der Waals surface area (Å²) in [5, 5.41) is 0. The second-order valence-corrected chi connectivity index (χ2v) is 5.90. The lowest BCUT2D eigenvalue weighted by Crippen LogP contribution is -2.50. The number of nitrogens with one attached hydrogen (secondary N) is 1. The molecule has 0 bridgehead atoms. The van der Waals surface area contributed by atoms with Crippen molar-refractivity contribution in [3.8, 4) is 5.75 Å². The van der Waals surface area contributed by atoms with Gasteiger partial charge in [0.25, 0.3) is 0 Å². The average molecular weight is 330 g/mol. The second kappa shape index (κ2) is 7.35. The quantitative estimate of drug-likeness (QED) is 0.839. The minimum Gasteiger partial charge on any atom is -0.497 e. The molecule has 2 aromatic rings. The van der Waals surface area contributed by atoms with E-state index in [1.807, 2.05) is 29.2 Å². The number of hydrogen-bond acceptors (Lipinski definition) is 4. The Labute approximate surface area is 140 Å². The normalized spacial score (nSPS) is 15.7. The Kier molecular flexibility index (Phi) is 5.00. The van der Waals surface area contributed by atoms with Crippen LogP contribution in [0.5, 0.6) is 5.75 Å². The van der Waals surface area contributed by atoms with Crippen LogP contribution in [-0.2, 0) is 17.9 Å². The van der Waals surface area contributed by atoms with E-state index in [1.165, 1.54) is 0 Å².